The summed E-state index contributed by atoms with van der Waals surface area (Å²) in [5.74, 6) is -4.17. The van der Waals surface area contributed by atoms with Crippen LogP contribution < -0.4 is 0 Å². The molecule has 0 aromatic rings. The number of carboxylic acid groups (broad SMARTS) is 1. The molecular weight excluding hydrogens is 326 g/mol. The molecule has 0 aromatic carbocycles. The molecule has 0 amide bonds. The summed E-state index contributed by atoms with van der Waals surface area (Å²) in [6.07, 6.45) is -0.638. The molecule has 1 heterocycles. The number of ether oxygens (including phenoxy) is 1. The smallest absolute Gasteiger partial charge is 0.322 e. The summed E-state index contributed by atoms with van der Waals surface area (Å²) in [5.41, 5.74) is 0. The Morgan fingerprint density at radius 1 is 1.38 bits per heavy atom. The number of rotatable bonds is 6. The fraction of sp³-hybridized carbons (Fsp3) is 0.800. The Labute approximate surface area is 122 Å². The van der Waals surface area contributed by atoms with Crippen LogP contribution in [0.4, 0.5) is 0 Å². The van der Waals surface area contributed by atoms with Gasteiger partial charge < -0.3 is 9.84 Å². The number of hydrogen-bond acceptors (Lipinski definition) is 7. The lowest BCUT2D eigenvalue weighted by atomic mass is 10.2. The van der Waals surface area contributed by atoms with Crippen molar-refractivity contribution in [1.82, 2.24) is 4.31 Å². The van der Waals surface area contributed by atoms with Crippen molar-refractivity contribution in [3.63, 3.8) is 0 Å². The molecule has 122 valence electrons. The van der Waals surface area contributed by atoms with Gasteiger partial charge in [0, 0.05) is 12.6 Å². The number of sulfonamides is 1. The summed E-state index contributed by atoms with van der Waals surface area (Å²) >= 11 is 0. The highest BCUT2D eigenvalue weighted by atomic mass is 32.2. The van der Waals surface area contributed by atoms with Gasteiger partial charge in [-0.05, 0) is 6.92 Å². The average molecular weight is 343 g/mol. The normalized spacial score (nSPS) is 22.6. The number of hydrogen-bond donors (Lipinski definition) is 1. The number of carboxylic acids is 1. The first-order valence-corrected chi connectivity index (χ1v) is 9.58. The largest absolute Gasteiger partial charge is 0.481 e. The first-order chi connectivity index (χ1) is 9.57. The average Bonchev–Trinajstić information content (AvgIpc) is 2.25. The Balaban J connectivity index is 2.96. The van der Waals surface area contributed by atoms with Crippen LogP contribution in [0.25, 0.3) is 0 Å². The van der Waals surface area contributed by atoms with Crippen molar-refractivity contribution in [1.29, 1.82) is 0 Å². The molecule has 21 heavy (non-hydrogen) atoms. The molecule has 0 bridgehead atoms. The van der Waals surface area contributed by atoms with Crippen molar-refractivity contribution in [3.05, 3.63) is 0 Å². The van der Waals surface area contributed by atoms with Crippen LogP contribution in [0.15, 0.2) is 0 Å². The summed E-state index contributed by atoms with van der Waals surface area (Å²) in [7, 11) is -7.61. The summed E-state index contributed by atoms with van der Waals surface area (Å²) in [4.78, 5) is 22.1. The molecule has 9 nitrogen and oxygen atoms in total. The van der Waals surface area contributed by atoms with Crippen LogP contribution in [-0.2, 0) is 34.2 Å². The number of carbonyl (C=O) groups excluding carboxylic acids is 1. The zero-order valence-electron chi connectivity index (χ0n) is 11.4. The van der Waals surface area contributed by atoms with E-state index < -0.39 is 61.5 Å². The maximum Gasteiger partial charge on any atom is 0.322 e. The molecule has 11 heteroatoms. The second-order valence-electron chi connectivity index (χ2n) is 4.54. The molecule has 0 aliphatic carbocycles. The minimum Gasteiger partial charge on any atom is -0.481 e. The number of carbonyl (C=O) groups is 2. The van der Waals surface area contributed by atoms with Crippen molar-refractivity contribution in [2.75, 3.05) is 30.4 Å². The minimum atomic E-state index is -4.12. The van der Waals surface area contributed by atoms with Crippen molar-refractivity contribution in [3.8, 4) is 0 Å². The van der Waals surface area contributed by atoms with Crippen molar-refractivity contribution >= 4 is 31.8 Å². The third-order valence-electron chi connectivity index (χ3n) is 2.85. The van der Waals surface area contributed by atoms with Crippen molar-refractivity contribution in [2.24, 2.45) is 0 Å². The van der Waals surface area contributed by atoms with E-state index in [-0.39, 0.29) is 13.2 Å². The number of sulfone groups is 1. The van der Waals surface area contributed by atoms with Crippen LogP contribution in [0.1, 0.15) is 13.3 Å². The van der Waals surface area contributed by atoms with Gasteiger partial charge in [0.2, 0.25) is 10.0 Å². The van der Waals surface area contributed by atoms with Gasteiger partial charge in [-0.1, -0.05) is 0 Å². The summed E-state index contributed by atoms with van der Waals surface area (Å²) in [5, 5.41) is 8.78. The third kappa shape index (κ3) is 5.25. The van der Waals surface area contributed by atoms with Gasteiger partial charge in [0.05, 0.1) is 24.5 Å². The molecular formula is C10H17NO8S2. The monoisotopic (exact) mass is 343 g/mol. The van der Waals surface area contributed by atoms with Gasteiger partial charge in [0.15, 0.2) is 15.6 Å². The van der Waals surface area contributed by atoms with Gasteiger partial charge in [-0.2, -0.15) is 4.31 Å². The molecule has 1 unspecified atom stereocenters. The molecule has 1 aliphatic heterocycles. The second-order valence-corrected chi connectivity index (χ2v) is 8.69. The van der Waals surface area contributed by atoms with Crippen LogP contribution in [0, 0.1) is 0 Å². The second kappa shape index (κ2) is 6.71. The molecule has 1 N–H and O–H groups in total. The lowest BCUT2D eigenvalue weighted by molar-refractivity contribution is -0.140. The summed E-state index contributed by atoms with van der Waals surface area (Å²) < 4.78 is 52.6. The molecule has 1 rings (SSSR count). The Kier molecular flexibility index (Phi) is 5.70. The van der Waals surface area contributed by atoms with E-state index in [0.717, 1.165) is 4.31 Å². The quantitative estimate of drug-likeness (QED) is 0.573. The molecule has 0 radical (unpaired) electrons. The highest BCUT2D eigenvalue weighted by Crippen LogP contribution is 2.19. The molecule has 1 atom stereocenters. The number of aliphatic carboxylic acids is 1. The maximum absolute atomic E-state index is 12.1. The molecule has 1 aliphatic rings. The number of esters is 1. The van der Waals surface area contributed by atoms with E-state index in [0.29, 0.717) is 0 Å². The predicted octanol–water partition coefficient (Wildman–Crippen LogP) is -1.55. The van der Waals surface area contributed by atoms with E-state index in [9.17, 15) is 26.4 Å². The van der Waals surface area contributed by atoms with Gasteiger partial charge in [0.25, 0.3) is 0 Å². The maximum atomic E-state index is 12.1. The fourth-order valence-electron chi connectivity index (χ4n) is 2.03. The molecule has 0 saturated carbocycles. The third-order valence-corrected chi connectivity index (χ3v) is 6.34. The lowest BCUT2D eigenvalue weighted by Gasteiger charge is -2.33. The Hall–Kier alpha value is -1.20. The van der Waals surface area contributed by atoms with E-state index in [2.05, 4.69) is 4.74 Å². The van der Waals surface area contributed by atoms with E-state index in [4.69, 9.17) is 5.11 Å². The minimum absolute atomic E-state index is 0.0152. The highest BCUT2D eigenvalue weighted by molar-refractivity contribution is 7.92. The van der Waals surface area contributed by atoms with E-state index in [1.807, 2.05) is 0 Å². The fourth-order valence-corrected chi connectivity index (χ4v) is 5.29. The highest BCUT2D eigenvalue weighted by Gasteiger charge is 2.40. The standard InChI is InChI=1S/C10H17NO8S2/c1-2-19-10(14)7-21(17,18)11-3-4-20(15,16)6-8(11)5-9(12)13/h8H,2-7H2,1H3,(H,12,13). The van der Waals surface area contributed by atoms with Crippen LogP contribution >= 0.6 is 0 Å². The van der Waals surface area contributed by atoms with Crippen LogP contribution in [0.3, 0.4) is 0 Å². The Morgan fingerprint density at radius 3 is 2.52 bits per heavy atom. The first-order valence-electron chi connectivity index (χ1n) is 6.15. The van der Waals surface area contributed by atoms with Gasteiger partial charge in [-0.3, -0.25) is 9.59 Å². The van der Waals surface area contributed by atoms with E-state index >= 15 is 0 Å². The predicted molar refractivity (Wildman–Crippen MR) is 71.8 cm³/mol. The molecule has 1 saturated heterocycles. The topological polar surface area (TPSA) is 135 Å². The summed E-state index contributed by atoms with van der Waals surface area (Å²) in [6, 6.07) is -1.21. The van der Waals surface area contributed by atoms with Crippen molar-refractivity contribution < 1.29 is 36.3 Å². The van der Waals surface area contributed by atoms with Gasteiger partial charge in [-0.15, -0.1) is 0 Å². The van der Waals surface area contributed by atoms with Gasteiger partial charge in [0.1, 0.15) is 0 Å². The SMILES string of the molecule is CCOC(=O)CS(=O)(=O)N1CCS(=O)(=O)CC1CC(=O)O. The van der Waals surface area contributed by atoms with Crippen LogP contribution in [0.2, 0.25) is 0 Å². The van der Waals surface area contributed by atoms with Crippen LogP contribution in [-0.4, -0.2) is 74.6 Å². The number of nitrogens with zero attached hydrogens (tertiary/aromatic N) is 1. The zero-order valence-corrected chi connectivity index (χ0v) is 13.0. The summed E-state index contributed by atoms with van der Waals surface area (Å²) in [6.45, 7) is 1.18. The Morgan fingerprint density at radius 2 is 2.00 bits per heavy atom. The molecule has 0 aromatic heterocycles. The molecule has 1 fully saturated rings. The lowest BCUT2D eigenvalue weighted by Crippen LogP contribution is -2.53. The molecule has 0 spiro atoms. The first kappa shape index (κ1) is 17.9. The van der Waals surface area contributed by atoms with Gasteiger partial charge in [-0.25, -0.2) is 16.8 Å². The Bertz CT molecular complexity index is 609. The van der Waals surface area contributed by atoms with E-state index in [1.165, 1.54) is 6.92 Å². The van der Waals surface area contributed by atoms with Crippen molar-refractivity contribution in [2.45, 2.75) is 19.4 Å². The zero-order chi connectivity index (χ0) is 16.3. The van der Waals surface area contributed by atoms with E-state index in [1.54, 1.807) is 0 Å². The van der Waals surface area contributed by atoms with Crippen LogP contribution in [0.5, 0.6) is 0 Å². The van der Waals surface area contributed by atoms with Gasteiger partial charge >= 0.3 is 11.9 Å².